The van der Waals surface area contributed by atoms with Gasteiger partial charge in [-0.25, -0.2) is 0 Å². The first-order chi connectivity index (χ1) is 7.35. The smallest absolute Gasteiger partial charge is 0.0612 e. The fourth-order valence-corrected chi connectivity index (χ4v) is 1.39. The van der Waals surface area contributed by atoms with Gasteiger partial charge in [0.2, 0.25) is 0 Å². The summed E-state index contributed by atoms with van der Waals surface area (Å²) in [7, 11) is 0. The van der Waals surface area contributed by atoms with Gasteiger partial charge in [0.15, 0.2) is 0 Å². The van der Waals surface area contributed by atoms with E-state index in [4.69, 9.17) is 10.2 Å². The summed E-state index contributed by atoms with van der Waals surface area (Å²) in [6.45, 7) is 4.06. The van der Waals surface area contributed by atoms with Crippen molar-refractivity contribution in [2.75, 3.05) is 13.2 Å². The summed E-state index contributed by atoms with van der Waals surface area (Å²) >= 11 is 0. The van der Waals surface area contributed by atoms with Gasteiger partial charge in [-0.3, -0.25) is 0 Å². The summed E-state index contributed by atoms with van der Waals surface area (Å²) in [4.78, 5) is 0. The average molecular weight is 210 g/mol. The van der Waals surface area contributed by atoms with Crippen LogP contribution in [-0.4, -0.2) is 23.4 Å². The number of rotatable bonds is 9. The van der Waals surface area contributed by atoms with E-state index in [0.29, 0.717) is 5.92 Å². The predicted octanol–water partition coefficient (Wildman–Crippen LogP) is 2.45. The van der Waals surface area contributed by atoms with Crippen LogP contribution in [-0.2, 0) is 0 Å². The SMILES string of the molecule is C=CC(CC/C=C\CO)CC/C=C/CO. The van der Waals surface area contributed by atoms with E-state index in [-0.39, 0.29) is 13.2 Å². The number of hydrogen-bond acceptors (Lipinski definition) is 2. The van der Waals surface area contributed by atoms with Crippen LogP contribution in [0.2, 0.25) is 0 Å². The molecular weight excluding hydrogens is 188 g/mol. The molecule has 0 aliphatic rings. The van der Waals surface area contributed by atoms with Crippen molar-refractivity contribution < 1.29 is 10.2 Å². The van der Waals surface area contributed by atoms with E-state index in [0.717, 1.165) is 25.7 Å². The van der Waals surface area contributed by atoms with Gasteiger partial charge in [-0.2, -0.15) is 0 Å². The number of aliphatic hydroxyl groups is 2. The van der Waals surface area contributed by atoms with Gasteiger partial charge in [0.1, 0.15) is 0 Å². The Morgan fingerprint density at radius 2 is 1.33 bits per heavy atom. The molecule has 0 rings (SSSR count). The van der Waals surface area contributed by atoms with E-state index in [2.05, 4.69) is 6.58 Å². The normalized spacial score (nSPS) is 13.7. The third kappa shape index (κ3) is 9.44. The van der Waals surface area contributed by atoms with E-state index in [9.17, 15) is 0 Å². The van der Waals surface area contributed by atoms with Crippen LogP contribution in [0.3, 0.4) is 0 Å². The molecular formula is C13H22O2. The maximum Gasteiger partial charge on any atom is 0.0612 e. The van der Waals surface area contributed by atoms with Gasteiger partial charge in [-0.15, -0.1) is 6.58 Å². The van der Waals surface area contributed by atoms with Crippen molar-refractivity contribution in [2.24, 2.45) is 5.92 Å². The van der Waals surface area contributed by atoms with Crippen molar-refractivity contribution in [1.29, 1.82) is 0 Å². The highest BCUT2D eigenvalue weighted by atomic mass is 16.3. The molecule has 0 saturated carbocycles. The van der Waals surface area contributed by atoms with Crippen molar-refractivity contribution in [3.8, 4) is 0 Å². The molecule has 0 fully saturated rings. The highest BCUT2D eigenvalue weighted by molar-refractivity contribution is 4.88. The average Bonchev–Trinajstić information content (AvgIpc) is 2.27. The van der Waals surface area contributed by atoms with E-state index in [1.54, 1.807) is 12.2 Å². The van der Waals surface area contributed by atoms with Crippen LogP contribution in [0.25, 0.3) is 0 Å². The quantitative estimate of drug-likeness (QED) is 0.574. The van der Waals surface area contributed by atoms with Gasteiger partial charge in [0.05, 0.1) is 13.2 Å². The van der Waals surface area contributed by atoms with Gasteiger partial charge in [-0.05, 0) is 31.6 Å². The molecule has 0 radical (unpaired) electrons. The Balaban J connectivity index is 3.59. The van der Waals surface area contributed by atoms with Crippen molar-refractivity contribution in [1.82, 2.24) is 0 Å². The van der Waals surface area contributed by atoms with Crippen molar-refractivity contribution in [2.45, 2.75) is 25.7 Å². The molecule has 0 aromatic rings. The first-order valence-corrected chi connectivity index (χ1v) is 5.49. The zero-order valence-electron chi connectivity index (χ0n) is 9.31. The zero-order chi connectivity index (χ0) is 11.4. The first-order valence-electron chi connectivity index (χ1n) is 5.49. The molecule has 15 heavy (non-hydrogen) atoms. The number of allylic oxidation sites excluding steroid dienone is 3. The summed E-state index contributed by atoms with van der Waals surface area (Å²) in [5.41, 5.74) is 0. The Labute approximate surface area is 92.6 Å². The van der Waals surface area contributed by atoms with Crippen LogP contribution in [0.5, 0.6) is 0 Å². The van der Waals surface area contributed by atoms with Crippen LogP contribution >= 0.6 is 0 Å². The maximum absolute atomic E-state index is 8.55. The Morgan fingerprint density at radius 3 is 1.67 bits per heavy atom. The number of hydrogen-bond donors (Lipinski definition) is 2. The molecule has 2 nitrogen and oxygen atoms in total. The van der Waals surface area contributed by atoms with Crippen LogP contribution in [0.15, 0.2) is 37.0 Å². The molecule has 0 bridgehead atoms. The summed E-state index contributed by atoms with van der Waals surface area (Å²) in [6, 6.07) is 0. The van der Waals surface area contributed by atoms with E-state index >= 15 is 0 Å². The van der Waals surface area contributed by atoms with Crippen LogP contribution in [0, 0.1) is 5.92 Å². The van der Waals surface area contributed by atoms with Gasteiger partial charge >= 0.3 is 0 Å². The minimum atomic E-state index is 0.123. The fourth-order valence-electron chi connectivity index (χ4n) is 1.39. The van der Waals surface area contributed by atoms with E-state index in [1.165, 1.54) is 0 Å². The second-order valence-electron chi connectivity index (χ2n) is 3.46. The van der Waals surface area contributed by atoms with Gasteiger partial charge in [0.25, 0.3) is 0 Å². The topological polar surface area (TPSA) is 40.5 Å². The largest absolute Gasteiger partial charge is 0.392 e. The van der Waals surface area contributed by atoms with Gasteiger partial charge in [0, 0.05) is 0 Å². The molecule has 0 aromatic carbocycles. The summed E-state index contributed by atoms with van der Waals surface area (Å²) in [5, 5.41) is 17.1. The molecule has 0 aromatic heterocycles. The lowest BCUT2D eigenvalue weighted by atomic mass is 9.97. The van der Waals surface area contributed by atoms with Crippen LogP contribution in [0.4, 0.5) is 0 Å². The highest BCUT2D eigenvalue weighted by Crippen LogP contribution is 2.15. The third-order valence-corrected chi connectivity index (χ3v) is 2.29. The Morgan fingerprint density at radius 1 is 0.867 bits per heavy atom. The Kier molecular flexibility index (Phi) is 10.6. The maximum atomic E-state index is 8.55. The number of aliphatic hydroxyl groups excluding tert-OH is 2. The molecule has 86 valence electrons. The van der Waals surface area contributed by atoms with Crippen molar-refractivity contribution >= 4 is 0 Å². The first kappa shape index (κ1) is 14.1. The standard InChI is InChI=1S/C13H22O2/c1-2-13(9-5-3-7-11-14)10-6-4-8-12-15/h2-4,7-8,13-15H,1,5-6,9-12H2/b7-3-,8-4+. The summed E-state index contributed by atoms with van der Waals surface area (Å²) in [5.74, 6) is 0.525. The second-order valence-corrected chi connectivity index (χ2v) is 3.46. The second kappa shape index (κ2) is 11.2. The van der Waals surface area contributed by atoms with Gasteiger partial charge < -0.3 is 10.2 Å². The Hall–Kier alpha value is -0.860. The zero-order valence-corrected chi connectivity index (χ0v) is 9.31. The van der Waals surface area contributed by atoms with Gasteiger partial charge in [-0.1, -0.05) is 30.4 Å². The minimum Gasteiger partial charge on any atom is -0.392 e. The van der Waals surface area contributed by atoms with Crippen molar-refractivity contribution in [3.63, 3.8) is 0 Å². The lowest BCUT2D eigenvalue weighted by molar-refractivity contribution is 0.342. The molecule has 1 atom stereocenters. The molecule has 0 saturated heterocycles. The van der Waals surface area contributed by atoms with Crippen molar-refractivity contribution in [3.05, 3.63) is 37.0 Å². The fraction of sp³-hybridized carbons (Fsp3) is 0.538. The van der Waals surface area contributed by atoms with E-state index < -0.39 is 0 Å². The Bertz CT molecular complexity index is 177. The molecule has 2 N–H and O–H groups in total. The van der Waals surface area contributed by atoms with Crippen LogP contribution in [0.1, 0.15) is 25.7 Å². The monoisotopic (exact) mass is 210 g/mol. The third-order valence-electron chi connectivity index (χ3n) is 2.29. The molecule has 2 heteroatoms. The molecule has 0 aliphatic carbocycles. The molecule has 1 unspecified atom stereocenters. The van der Waals surface area contributed by atoms with E-state index in [1.807, 2.05) is 18.2 Å². The molecule has 0 heterocycles. The highest BCUT2D eigenvalue weighted by Gasteiger charge is 2.00. The molecule has 0 spiro atoms. The molecule has 0 aliphatic heterocycles. The predicted molar refractivity (Wildman–Crippen MR) is 64.6 cm³/mol. The lowest BCUT2D eigenvalue weighted by Gasteiger charge is -2.08. The minimum absolute atomic E-state index is 0.123. The van der Waals surface area contributed by atoms with Crippen LogP contribution < -0.4 is 0 Å². The molecule has 0 amide bonds. The summed E-state index contributed by atoms with van der Waals surface area (Å²) in [6.07, 6.45) is 13.7. The lowest BCUT2D eigenvalue weighted by Crippen LogP contribution is -1.94. The summed E-state index contributed by atoms with van der Waals surface area (Å²) < 4.78 is 0.